The Hall–Kier alpha value is -3.60. The highest BCUT2D eigenvalue weighted by molar-refractivity contribution is 6.02. The van der Waals surface area contributed by atoms with E-state index in [1.165, 1.54) is 11.8 Å². The first-order chi connectivity index (χ1) is 13.1. The minimum atomic E-state index is -0.307. The number of hydrogen-bond acceptors (Lipinski definition) is 3. The molecule has 27 heavy (non-hydrogen) atoms. The van der Waals surface area contributed by atoms with Crippen LogP contribution in [0.25, 0.3) is 0 Å². The zero-order valence-corrected chi connectivity index (χ0v) is 15.0. The molecule has 3 rings (SSSR count). The Bertz CT molecular complexity index is 911. The Morgan fingerprint density at radius 2 is 1.44 bits per heavy atom. The maximum Gasteiger partial charge on any atom is 0.244 e. The SMILES string of the molecule is CC(=O)N(CC(=O)Nc1ccccc1Oc1ccccc1)c1ccccc1. The summed E-state index contributed by atoms with van der Waals surface area (Å²) in [7, 11) is 0. The number of carbonyl (C=O) groups excluding carboxylic acids is 2. The van der Waals surface area contributed by atoms with E-state index in [0.717, 1.165) is 0 Å². The van der Waals surface area contributed by atoms with Gasteiger partial charge in [0.05, 0.1) is 5.69 Å². The Kier molecular flexibility index (Phi) is 5.84. The molecule has 0 saturated heterocycles. The van der Waals surface area contributed by atoms with Gasteiger partial charge in [0, 0.05) is 12.6 Å². The van der Waals surface area contributed by atoms with Gasteiger partial charge in [-0.3, -0.25) is 9.59 Å². The maximum atomic E-state index is 12.5. The van der Waals surface area contributed by atoms with E-state index < -0.39 is 0 Å². The predicted molar refractivity (Wildman–Crippen MR) is 106 cm³/mol. The van der Waals surface area contributed by atoms with E-state index in [-0.39, 0.29) is 18.4 Å². The third kappa shape index (κ3) is 4.95. The molecule has 0 atom stereocenters. The van der Waals surface area contributed by atoms with E-state index in [1.807, 2.05) is 60.7 Å². The van der Waals surface area contributed by atoms with E-state index in [1.54, 1.807) is 24.3 Å². The number of benzene rings is 3. The molecular weight excluding hydrogens is 340 g/mol. The van der Waals surface area contributed by atoms with Gasteiger partial charge in [-0.2, -0.15) is 0 Å². The molecule has 0 spiro atoms. The Morgan fingerprint density at radius 3 is 2.11 bits per heavy atom. The summed E-state index contributed by atoms with van der Waals surface area (Å²) >= 11 is 0. The molecule has 0 aliphatic rings. The number of hydrogen-bond donors (Lipinski definition) is 1. The summed E-state index contributed by atoms with van der Waals surface area (Å²) < 4.78 is 5.85. The highest BCUT2D eigenvalue weighted by atomic mass is 16.5. The van der Waals surface area contributed by atoms with Crippen LogP contribution in [-0.2, 0) is 9.59 Å². The third-order valence-electron chi connectivity index (χ3n) is 3.88. The molecule has 136 valence electrons. The smallest absolute Gasteiger partial charge is 0.244 e. The number of para-hydroxylation sites is 4. The molecule has 0 fully saturated rings. The summed E-state index contributed by atoms with van der Waals surface area (Å²) in [6, 6.07) is 25.6. The van der Waals surface area contributed by atoms with Gasteiger partial charge in [-0.25, -0.2) is 0 Å². The van der Waals surface area contributed by atoms with Crippen LogP contribution in [0.1, 0.15) is 6.92 Å². The molecule has 0 aliphatic heterocycles. The Balaban J connectivity index is 1.73. The van der Waals surface area contributed by atoms with Crippen molar-refractivity contribution in [3.8, 4) is 11.5 Å². The standard InChI is InChI=1S/C22H20N2O3/c1-17(25)24(18-10-4-2-5-11-18)16-22(26)23-20-14-8-9-15-21(20)27-19-12-6-3-7-13-19/h2-15H,16H2,1H3,(H,23,26). The minimum absolute atomic E-state index is 0.0843. The molecule has 3 aromatic carbocycles. The van der Waals surface area contributed by atoms with Gasteiger partial charge < -0.3 is 15.0 Å². The molecule has 0 bridgehead atoms. The lowest BCUT2D eigenvalue weighted by Crippen LogP contribution is -2.36. The van der Waals surface area contributed by atoms with Gasteiger partial charge in [-0.1, -0.05) is 48.5 Å². The number of carbonyl (C=O) groups is 2. The second kappa shape index (κ2) is 8.67. The molecule has 2 amide bonds. The number of nitrogens with one attached hydrogen (secondary N) is 1. The molecule has 3 aromatic rings. The number of anilines is 2. The van der Waals surface area contributed by atoms with E-state index in [9.17, 15) is 9.59 Å². The van der Waals surface area contributed by atoms with Crippen molar-refractivity contribution in [1.29, 1.82) is 0 Å². The van der Waals surface area contributed by atoms with Crippen LogP contribution in [0.4, 0.5) is 11.4 Å². The molecule has 5 heteroatoms. The monoisotopic (exact) mass is 360 g/mol. The lowest BCUT2D eigenvalue weighted by molar-refractivity contribution is -0.120. The fraction of sp³-hybridized carbons (Fsp3) is 0.0909. The second-order valence-corrected chi connectivity index (χ2v) is 5.90. The average molecular weight is 360 g/mol. The largest absolute Gasteiger partial charge is 0.455 e. The molecule has 0 aromatic heterocycles. The molecule has 5 nitrogen and oxygen atoms in total. The van der Waals surface area contributed by atoms with Crippen molar-refractivity contribution in [1.82, 2.24) is 0 Å². The minimum Gasteiger partial charge on any atom is -0.455 e. The topological polar surface area (TPSA) is 58.6 Å². The Morgan fingerprint density at radius 1 is 0.852 bits per heavy atom. The maximum absolute atomic E-state index is 12.5. The third-order valence-corrected chi connectivity index (χ3v) is 3.88. The van der Waals surface area contributed by atoms with E-state index in [0.29, 0.717) is 22.9 Å². The van der Waals surface area contributed by atoms with Gasteiger partial charge in [0.2, 0.25) is 11.8 Å². The quantitative estimate of drug-likeness (QED) is 0.705. The molecule has 0 unspecified atom stereocenters. The summed E-state index contributed by atoms with van der Waals surface area (Å²) in [6.07, 6.45) is 0. The van der Waals surface area contributed by atoms with Crippen molar-refractivity contribution in [2.45, 2.75) is 6.92 Å². The summed E-state index contributed by atoms with van der Waals surface area (Å²) in [6.45, 7) is 1.35. The molecular formula is C22H20N2O3. The summed E-state index contributed by atoms with van der Waals surface area (Å²) in [5.41, 5.74) is 1.22. The van der Waals surface area contributed by atoms with Gasteiger partial charge in [0.15, 0.2) is 5.75 Å². The second-order valence-electron chi connectivity index (χ2n) is 5.90. The molecule has 0 aliphatic carbocycles. The van der Waals surface area contributed by atoms with Gasteiger partial charge in [0.1, 0.15) is 12.3 Å². The van der Waals surface area contributed by atoms with Crippen LogP contribution in [0, 0.1) is 0 Å². The number of nitrogens with zero attached hydrogens (tertiary/aromatic N) is 1. The fourth-order valence-electron chi connectivity index (χ4n) is 2.60. The summed E-state index contributed by atoms with van der Waals surface area (Å²) in [4.78, 5) is 25.9. The van der Waals surface area contributed by atoms with Crippen molar-refractivity contribution >= 4 is 23.2 Å². The molecule has 0 radical (unpaired) electrons. The lowest BCUT2D eigenvalue weighted by Gasteiger charge is -2.21. The van der Waals surface area contributed by atoms with Crippen molar-refractivity contribution in [3.63, 3.8) is 0 Å². The van der Waals surface area contributed by atoms with Gasteiger partial charge >= 0.3 is 0 Å². The van der Waals surface area contributed by atoms with E-state index in [2.05, 4.69) is 5.32 Å². The molecule has 0 saturated carbocycles. The fourth-order valence-corrected chi connectivity index (χ4v) is 2.60. The van der Waals surface area contributed by atoms with Crippen molar-refractivity contribution < 1.29 is 14.3 Å². The number of amides is 2. The van der Waals surface area contributed by atoms with Gasteiger partial charge in [-0.15, -0.1) is 0 Å². The van der Waals surface area contributed by atoms with Crippen molar-refractivity contribution in [2.24, 2.45) is 0 Å². The van der Waals surface area contributed by atoms with Crippen LogP contribution in [0.2, 0.25) is 0 Å². The van der Waals surface area contributed by atoms with Crippen LogP contribution in [0.15, 0.2) is 84.9 Å². The van der Waals surface area contributed by atoms with Crippen molar-refractivity contribution in [3.05, 3.63) is 84.9 Å². The van der Waals surface area contributed by atoms with Gasteiger partial charge in [0.25, 0.3) is 0 Å². The zero-order chi connectivity index (χ0) is 19.1. The first-order valence-electron chi connectivity index (χ1n) is 8.58. The van der Waals surface area contributed by atoms with E-state index in [4.69, 9.17) is 4.74 Å². The van der Waals surface area contributed by atoms with Crippen LogP contribution in [0.5, 0.6) is 11.5 Å². The van der Waals surface area contributed by atoms with Crippen LogP contribution in [0.3, 0.4) is 0 Å². The van der Waals surface area contributed by atoms with Gasteiger partial charge in [-0.05, 0) is 36.4 Å². The summed E-state index contributed by atoms with van der Waals surface area (Å²) in [5, 5.41) is 2.83. The lowest BCUT2D eigenvalue weighted by atomic mass is 10.2. The van der Waals surface area contributed by atoms with Crippen LogP contribution >= 0.6 is 0 Å². The van der Waals surface area contributed by atoms with Crippen LogP contribution in [-0.4, -0.2) is 18.4 Å². The van der Waals surface area contributed by atoms with Crippen molar-refractivity contribution in [2.75, 3.05) is 16.8 Å². The summed E-state index contributed by atoms with van der Waals surface area (Å²) in [5.74, 6) is 0.698. The average Bonchev–Trinajstić information content (AvgIpc) is 2.69. The predicted octanol–water partition coefficient (Wildman–Crippen LogP) is 4.47. The zero-order valence-electron chi connectivity index (χ0n) is 15.0. The molecule has 1 N–H and O–H groups in total. The number of ether oxygens (including phenoxy) is 1. The molecule has 0 heterocycles. The van der Waals surface area contributed by atoms with E-state index >= 15 is 0 Å². The van der Waals surface area contributed by atoms with Crippen LogP contribution < -0.4 is 15.0 Å². The normalized spacial score (nSPS) is 10.1. The Labute approximate surface area is 158 Å². The highest BCUT2D eigenvalue weighted by Gasteiger charge is 2.16. The first kappa shape index (κ1) is 18.2. The highest BCUT2D eigenvalue weighted by Crippen LogP contribution is 2.29. The number of rotatable bonds is 6. The first-order valence-corrected chi connectivity index (χ1v) is 8.58.